The van der Waals surface area contributed by atoms with Crippen LogP contribution in [0.3, 0.4) is 0 Å². The third-order valence-corrected chi connectivity index (χ3v) is 2.48. The Labute approximate surface area is 88.1 Å². The first-order valence-corrected chi connectivity index (χ1v) is 4.93. The average molecular weight is 204 g/mol. The van der Waals surface area contributed by atoms with Crippen LogP contribution in [-0.4, -0.2) is 4.57 Å². The van der Waals surface area contributed by atoms with E-state index in [2.05, 4.69) is 0 Å². The van der Waals surface area contributed by atoms with Gasteiger partial charge in [0, 0.05) is 18.3 Å². The number of aromatic nitrogens is 1. The van der Waals surface area contributed by atoms with Gasteiger partial charge in [-0.1, -0.05) is 12.1 Å². The average Bonchev–Trinajstić information content (AvgIpc) is 2.59. The number of halogens is 1. The minimum Gasteiger partial charge on any atom is -0.385 e. The molecule has 0 spiro atoms. The monoisotopic (exact) mass is 204 g/mol. The van der Waals surface area contributed by atoms with Crippen LogP contribution in [0.2, 0.25) is 0 Å². The second-order valence-corrected chi connectivity index (χ2v) is 3.41. The summed E-state index contributed by atoms with van der Waals surface area (Å²) in [5.41, 5.74) is 7.64. The third-order valence-electron chi connectivity index (χ3n) is 2.48. The van der Waals surface area contributed by atoms with Gasteiger partial charge in [0.2, 0.25) is 0 Å². The first-order chi connectivity index (χ1) is 7.22. The van der Waals surface area contributed by atoms with E-state index in [1.54, 1.807) is 6.07 Å². The lowest BCUT2D eigenvalue weighted by Gasteiger charge is -2.04. The number of hydrogen-bond acceptors (Lipinski definition) is 1. The summed E-state index contributed by atoms with van der Waals surface area (Å²) in [6, 6.07) is 8.37. The van der Waals surface area contributed by atoms with E-state index in [0.29, 0.717) is 5.82 Å². The van der Waals surface area contributed by atoms with Crippen molar-refractivity contribution in [3.63, 3.8) is 0 Å². The van der Waals surface area contributed by atoms with Gasteiger partial charge in [-0.15, -0.1) is 0 Å². The Balaban J connectivity index is 2.49. The summed E-state index contributed by atoms with van der Waals surface area (Å²) in [6.45, 7) is 2.84. The fourth-order valence-corrected chi connectivity index (χ4v) is 1.66. The summed E-state index contributed by atoms with van der Waals surface area (Å²) in [7, 11) is 0. The predicted octanol–water partition coefficient (Wildman–Crippen LogP) is 2.90. The van der Waals surface area contributed by atoms with E-state index in [9.17, 15) is 4.39 Å². The van der Waals surface area contributed by atoms with Gasteiger partial charge in [0.15, 0.2) is 0 Å². The quantitative estimate of drug-likeness (QED) is 0.801. The molecule has 1 aromatic heterocycles. The van der Waals surface area contributed by atoms with Crippen LogP contribution in [0.25, 0.3) is 11.1 Å². The molecule has 2 aromatic rings. The number of benzene rings is 1. The van der Waals surface area contributed by atoms with E-state index in [1.165, 1.54) is 12.1 Å². The van der Waals surface area contributed by atoms with Crippen LogP contribution < -0.4 is 5.73 Å². The van der Waals surface area contributed by atoms with E-state index >= 15 is 0 Å². The number of nitrogen functional groups attached to an aromatic ring is 1. The maximum absolute atomic E-state index is 13.0. The second-order valence-electron chi connectivity index (χ2n) is 3.41. The first-order valence-electron chi connectivity index (χ1n) is 4.93. The van der Waals surface area contributed by atoms with Gasteiger partial charge in [-0.05, 0) is 30.7 Å². The first kappa shape index (κ1) is 9.77. The molecule has 2 N–H and O–H groups in total. The van der Waals surface area contributed by atoms with Gasteiger partial charge in [0.05, 0.1) is 0 Å². The van der Waals surface area contributed by atoms with Crippen LogP contribution in [0.1, 0.15) is 6.92 Å². The maximum atomic E-state index is 13.0. The molecule has 3 heteroatoms. The highest BCUT2D eigenvalue weighted by molar-refractivity contribution is 5.74. The smallest absolute Gasteiger partial charge is 0.123 e. The highest BCUT2D eigenvalue weighted by Gasteiger charge is 2.07. The Morgan fingerprint density at radius 3 is 2.73 bits per heavy atom. The van der Waals surface area contributed by atoms with Crippen molar-refractivity contribution in [2.45, 2.75) is 13.5 Å². The second kappa shape index (κ2) is 3.77. The van der Waals surface area contributed by atoms with Gasteiger partial charge in [-0.25, -0.2) is 4.39 Å². The molecule has 15 heavy (non-hydrogen) atoms. The summed E-state index contributed by atoms with van der Waals surface area (Å²) >= 11 is 0. The summed E-state index contributed by atoms with van der Waals surface area (Å²) in [6.07, 6.45) is 1.91. The highest BCUT2D eigenvalue weighted by atomic mass is 19.1. The van der Waals surface area contributed by atoms with Crippen LogP contribution >= 0.6 is 0 Å². The molecule has 0 aliphatic heterocycles. The van der Waals surface area contributed by atoms with Crippen molar-refractivity contribution in [3.8, 4) is 11.1 Å². The lowest BCUT2D eigenvalue weighted by atomic mass is 10.1. The van der Waals surface area contributed by atoms with Crippen LogP contribution in [0.15, 0.2) is 36.5 Å². The summed E-state index contributed by atoms with van der Waals surface area (Å²) in [4.78, 5) is 0. The number of aryl methyl sites for hydroxylation is 1. The molecule has 0 aliphatic carbocycles. The molecule has 78 valence electrons. The third kappa shape index (κ3) is 1.73. The standard InChI is InChI=1S/C12H13FN2/c1-2-15-7-6-11(12(15)14)9-4-3-5-10(13)8-9/h3-8H,2,14H2,1H3. The van der Waals surface area contributed by atoms with Crippen molar-refractivity contribution in [1.82, 2.24) is 4.57 Å². The van der Waals surface area contributed by atoms with Gasteiger partial charge in [0.1, 0.15) is 11.6 Å². The van der Waals surface area contributed by atoms with Crippen molar-refractivity contribution in [2.24, 2.45) is 0 Å². The molecule has 0 fully saturated rings. The predicted molar refractivity (Wildman–Crippen MR) is 59.9 cm³/mol. The van der Waals surface area contributed by atoms with Gasteiger partial charge >= 0.3 is 0 Å². The van der Waals surface area contributed by atoms with Gasteiger partial charge < -0.3 is 10.3 Å². The van der Waals surface area contributed by atoms with E-state index in [-0.39, 0.29) is 5.82 Å². The lowest BCUT2D eigenvalue weighted by Crippen LogP contribution is -1.99. The molecular weight excluding hydrogens is 191 g/mol. The van der Waals surface area contributed by atoms with E-state index in [1.807, 2.05) is 29.8 Å². The molecule has 0 atom stereocenters. The van der Waals surface area contributed by atoms with Gasteiger partial charge in [-0.3, -0.25) is 0 Å². The zero-order chi connectivity index (χ0) is 10.8. The number of nitrogens with zero attached hydrogens (tertiary/aromatic N) is 1. The summed E-state index contributed by atoms with van der Waals surface area (Å²) in [5.74, 6) is 0.444. The van der Waals surface area contributed by atoms with Crippen molar-refractivity contribution in [2.75, 3.05) is 5.73 Å². The molecule has 0 radical (unpaired) electrons. The molecule has 0 aliphatic rings. The molecule has 0 unspecified atom stereocenters. The minimum atomic E-state index is -0.240. The summed E-state index contributed by atoms with van der Waals surface area (Å²) in [5, 5.41) is 0. The lowest BCUT2D eigenvalue weighted by molar-refractivity contribution is 0.628. The zero-order valence-corrected chi connectivity index (χ0v) is 8.57. The minimum absolute atomic E-state index is 0.240. The molecule has 1 aromatic carbocycles. The molecule has 1 heterocycles. The Hall–Kier alpha value is -1.77. The Morgan fingerprint density at radius 1 is 1.33 bits per heavy atom. The fraction of sp³-hybridized carbons (Fsp3) is 0.167. The Kier molecular flexibility index (Phi) is 2.46. The zero-order valence-electron chi connectivity index (χ0n) is 8.57. The van der Waals surface area contributed by atoms with Gasteiger partial charge in [0.25, 0.3) is 0 Å². The van der Waals surface area contributed by atoms with Crippen LogP contribution in [0, 0.1) is 5.82 Å². The Morgan fingerprint density at radius 2 is 2.13 bits per heavy atom. The summed E-state index contributed by atoms with van der Waals surface area (Å²) < 4.78 is 15.0. The molecule has 0 bridgehead atoms. The van der Waals surface area contributed by atoms with Crippen molar-refractivity contribution < 1.29 is 4.39 Å². The van der Waals surface area contributed by atoms with Gasteiger partial charge in [-0.2, -0.15) is 0 Å². The van der Waals surface area contributed by atoms with Crippen LogP contribution in [0.5, 0.6) is 0 Å². The van der Waals surface area contributed by atoms with Crippen molar-refractivity contribution in [1.29, 1.82) is 0 Å². The number of nitrogens with two attached hydrogens (primary N) is 1. The van der Waals surface area contributed by atoms with E-state index in [0.717, 1.165) is 17.7 Å². The topological polar surface area (TPSA) is 30.9 Å². The molecule has 0 saturated carbocycles. The van der Waals surface area contributed by atoms with Crippen LogP contribution in [-0.2, 0) is 6.54 Å². The molecule has 0 saturated heterocycles. The molecule has 0 amide bonds. The SMILES string of the molecule is CCn1ccc(-c2cccc(F)c2)c1N. The van der Waals surface area contributed by atoms with Crippen molar-refractivity contribution >= 4 is 5.82 Å². The molecule has 2 nitrogen and oxygen atoms in total. The number of hydrogen-bond donors (Lipinski definition) is 1. The van der Waals surface area contributed by atoms with Crippen LogP contribution in [0.4, 0.5) is 10.2 Å². The Bertz CT molecular complexity index is 474. The normalized spacial score (nSPS) is 10.5. The fourth-order valence-electron chi connectivity index (χ4n) is 1.66. The largest absolute Gasteiger partial charge is 0.385 e. The van der Waals surface area contributed by atoms with E-state index < -0.39 is 0 Å². The molecule has 2 rings (SSSR count). The van der Waals surface area contributed by atoms with E-state index in [4.69, 9.17) is 5.73 Å². The maximum Gasteiger partial charge on any atom is 0.123 e. The number of rotatable bonds is 2. The molecular formula is C12H13FN2. The van der Waals surface area contributed by atoms with Crippen molar-refractivity contribution in [3.05, 3.63) is 42.3 Å². The highest BCUT2D eigenvalue weighted by Crippen LogP contribution is 2.27. The number of anilines is 1.